The lowest BCUT2D eigenvalue weighted by Gasteiger charge is -2.35. The molecule has 0 amide bonds. The van der Waals surface area contributed by atoms with Crippen molar-refractivity contribution in [3.05, 3.63) is 35.4 Å². The third kappa shape index (κ3) is 3.32. The molecule has 0 spiro atoms. The number of halogens is 2. The molecule has 0 bridgehead atoms. The van der Waals surface area contributed by atoms with Crippen molar-refractivity contribution in [3.63, 3.8) is 0 Å². The molecular formula is C14H17F2NO3. The van der Waals surface area contributed by atoms with Gasteiger partial charge in [-0.1, -0.05) is 12.1 Å². The van der Waals surface area contributed by atoms with E-state index in [2.05, 4.69) is 4.74 Å². The van der Waals surface area contributed by atoms with Crippen LogP contribution < -0.4 is 0 Å². The molecule has 0 aromatic heterocycles. The van der Waals surface area contributed by atoms with Crippen molar-refractivity contribution in [1.82, 2.24) is 4.90 Å². The van der Waals surface area contributed by atoms with E-state index in [0.29, 0.717) is 13.1 Å². The van der Waals surface area contributed by atoms with Gasteiger partial charge in [-0.2, -0.15) is 0 Å². The Bertz CT molecular complexity index is 495. The first kappa shape index (κ1) is 14.9. The van der Waals surface area contributed by atoms with E-state index in [-0.39, 0.29) is 18.2 Å². The number of carbonyl (C=O) groups is 1. The van der Waals surface area contributed by atoms with Gasteiger partial charge in [0.2, 0.25) is 0 Å². The van der Waals surface area contributed by atoms with E-state index in [4.69, 9.17) is 4.74 Å². The summed E-state index contributed by atoms with van der Waals surface area (Å²) < 4.78 is 37.0. The zero-order valence-corrected chi connectivity index (χ0v) is 11.4. The maximum atomic E-state index is 13.7. The van der Waals surface area contributed by atoms with Crippen molar-refractivity contribution < 1.29 is 23.0 Å². The number of methoxy groups -OCH3 is 1. The van der Waals surface area contributed by atoms with E-state index in [9.17, 15) is 13.6 Å². The third-order valence-electron chi connectivity index (χ3n) is 3.23. The zero-order chi connectivity index (χ0) is 14.7. The molecule has 1 aromatic rings. The van der Waals surface area contributed by atoms with Crippen LogP contribution in [0.25, 0.3) is 0 Å². The molecule has 20 heavy (non-hydrogen) atoms. The standard InChI is InChI=1S/C14H17F2NO3/c1-9-6-17(8-12(20-9)14(18)19-2)7-10-4-3-5-11(15)13(10)16/h3-5,9,12H,6-8H2,1-2H3/t9-,12-/m1/s1. The average Bonchev–Trinajstić information content (AvgIpc) is 2.42. The van der Waals surface area contributed by atoms with Gasteiger partial charge < -0.3 is 9.47 Å². The number of esters is 1. The average molecular weight is 285 g/mol. The molecular weight excluding hydrogens is 268 g/mol. The zero-order valence-electron chi connectivity index (χ0n) is 11.4. The molecule has 1 saturated heterocycles. The summed E-state index contributed by atoms with van der Waals surface area (Å²) in [6.45, 7) is 2.89. The van der Waals surface area contributed by atoms with Gasteiger partial charge in [0.15, 0.2) is 17.7 Å². The number of ether oxygens (including phenoxy) is 2. The first-order chi connectivity index (χ1) is 9.51. The Morgan fingerprint density at radius 2 is 2.20 bits per heavy atom. The number of rotatable bonds is 3. The van der Waals surface area contributed by atoms with Gasteiger partial charge in [-0.3, -0.25) is 4.90 Å². The lowest BCUT2D eigenvalue weighted by atomic mass is 10.1. The van der Waals surface area contributed by atoms with Crippen LogP contribution in [0.4, 0.5) is 8.78 Å². The predicted octanol–water partition coefficient (Wildman–Crippen LogP) is 1.73. The van der Waals surface area contributed by atoms with Gasteiger partial charge in [-0.15, -0.1) is 0 Å². The second-order valence-electron chi connectivity index (χ2n) is 4.87. The monoisotopic (exact) mass is 285 g/mol. The topological polar surface area (TPSA) is 38.8 Å². The largest absolute Gasteiger partial charge is 0.467 e. The molecule has 1 aromatic carbocycles. The highest BCUT2D eigenvalue weighted by molar-refractivity contribution is 5.74. The highest BCUT2D eigenvalue weighted by atomic mass is 19.2. The minimum absolute atomic E-state index is 0.176. The third-order valence-corrected chi connectivity index (χ3v) is 3.23. The summed E-state index contributed by atoms with van der Waals surface area (Å²) in [5.74, 6) is -2.17. The first-order valence-corrected chi connectivity index (χ1v) is 6.39. The Morgan fingerprint density at radius 1 is 1.45 bits per heavy atom. The van der Waals surface area contributed by atoms with Crippen LogP contribution in [0.3, 0.4) is 0 Å². The molecule has 1 fully saturated rings. The van der Waals surface area contributed by atoms with Crippen molar-refractivity contribution in [2.24, 2.45) is 0 Å². The summed E-state index contributed by atoms with van der Waals surface area (Å²) in [7, 11) is 1.29. The number of carbonyl (C=O) groups excluding carboxylic acids is 1. The van der Waals surface area contributed by atoms with Crippen LogP contribution in [0.2, 0.25) is 0 Å². The maximum Gasteiger partial charge on any atom is 0.336 e. The molecule has 2 rings (SSSR count). The Hall–Kier alpha value is -1.53. The van der Waals surface area contributed by atoms with Gasteiger partial charge in [-0.25, -0.2) is 13.6 Å². The maximum absolute atomic E-state index is 13.7. The lowest BCUT2D eigenvalue weighted by Crippen LogP contribution is -2.49. The van der Waals surface area contributed by atoms with E-state index in [1.54, 1.807) is 0 Å². The van der Waals surface area contributed by atoms with E-state index >= 15 is 0 Å². The van der Waals surface area contributed by atoms with Crippen LogP contribution in [0.5, 0.6) is 0 Å². The Labute approximate surface area is 116 Å². The summed E-state index contributed by atoms with van der Waals surface area (Å²) in [6, 6.07) is 4.08. The summed E-state index contributed by atoms with van der Waals surface area (Å²) in [4.78, 5) is 13.4. The second kappa shape index (κ2) is 6.28. The van der Waals surface area contributed by atoms with Gasteiger partial charge in [0, 0.05) is 25.2 Å². The minimum atomic E-state index is -0.867. The number of benzene rings is 1. The van der Waals surface area contributed by atoms with Crippen molar-refractivity contribution in [2.45, 2.75) is 25.7 Å². The van der Waals surface area contributed by atoms with Crippen LogP contribution in [0.1, 0.15) is 12.5 Å². The van der Waals surface area contributed by atoms with Crippen LogP contribution in [0, 0.1) is 11.6 Å². The highest BCUT2D eigenvalue weighted by Gasteiger charge is 2.31. The van der Waals surface area contributed by atoms with Crippen molar-refractivity contribution >= 4 is 5.97 Å². The van der Waals surface area contributed by atoms with Crippen molar-refractivity contribution in [2.75, 3.05) is 20.2 Å². The van der Waals surface area contributed by atoms with Crippen molar-refractivity contribution in [3.8, 4) is 0 Å². The highest BCUT2D eigenvalue weighted by Crippen LogP contribution is 2.18. The van der Waals surface area contributed by atoms with Crippen LogP contribution in [-0.2, 0) is 20.8 Å². The van der Waals surface area contributed by atoms with E-state index < -0.39 is 23.7 Å². The molecule has 1 heterocycles. The van der Waals surface area contributed by atoms with Gasteiger partial charge >= 0.3 is 5.97 Å². The molecule has 1 aliphatic rings. The molecule has 6 heteroatoms. The normalized spacial score (nSPS) is 23.6. The van der Waals surface area contributed by atoms with Crippen LogP contribution in [-0.4, -0.2) is 43.3 Å². The summed E-state index contributed by atoms with van der Waals surface area (Å²) >= 11 is 0. The number of hydrogen-bond donors (Lipinski definition) is 0. The fraction of sp³-hybridized carbons (Fsp3) is 0.500. The predicted molar refractivity (Wildman–Crippen MR) is 68.0 cm³/mol. The number of morpholine rings is 1. The molecule has 4 nitrogen and oxygen atoms in total. The summed E-state index contributed by atoms with van der Waals surface area (Å²) in [5.41, 5.74) is 0.266. The second-order valence-corrected chi connectivity index (χ2v) is 4.87. The molecule has 0 saturated carbocycles. The fourth-order valence-electron chi connectivity index (χ4n) is 2.34. The molecule has 2 atom stereocenters. The SMILES string of the molecule is COC(=O)[C@H]1CN(Cc2cccc(F)c2F)C[C@@H](C)O1. The molecule has 1 aliphatic heterocycles. The number of hydrogen-bond acceptors (Lipinski definition) is 4. The van der Waals surface area contributed by atoms with Gasteiger partial charge in [0.25, 0.3) is 0 Å². The van der Waals surface area contributed by atoms with E-state index in [0.717, 1.165) is 6.07 Å². The minimum Gasteiger partial charge on any atom is -0.467 e. The van der Waals surface area contributed by atoms with Gasteiger partial charge in [0.05, 0.1) is 13.2 Å². The summed E-state index contributed by atoms with van der Waals surface area (Å²) in [6.07, 6.45) is -0.871. The van der Waals surface area contributed by atoms with Crippen LogP contribution >= 0.6 is 0 Å². The summed E-state index contributed by atoms with van der Waals surface area (Å²) in [5, 5.41) is 0. The van der Waals surface area contributed by atoms with Gasteiger partial charge in [-0.05, 0) is 13.0 Å². The van der Waals surface area contributed by atoms with Crippen molar-refractivity contribution in [1.29, 1.82) is 0 Å². The lowest BCUT2D eigenvalue weighted by molar-refractivity contribution is -0.166. The Balaban J connectivity index is 2.08. The molecule has 0 radical (unpaired) electrons. The van der Waals surface area contributed by atoms with E-state index in [1.807, 2.05) is 11.8 Å². The Morgan fingerprint density at radius 3 is 2.90 bits per heavy atom. The fourth-order valence-corrected chi connectivity index (χ4v) is 2.34. The van der Waals surface area contributed by atoms with Crippen LogP contribution in [0.15, 0.2) is 18.2 Å². The number of nitrogens with zero attached hydrogens (tertiary/aromatic N) is 1. The first-order valence-electron chi connectivity index (χ1n) is 6.39. The molecule has 110 valence electrons. The molecule has 0 unspecified atom stereocenters. The quantitative estimate of drug-likeness (QED) is 0.793. The molecule has 0 aliphatic carbocycles. The smallest absolute Gasteiger partial charge is 0.336 e. The Kier molecular flexibility index (Phi) is 4.67. The molecule has 0 N–H and O–H groups in total. The van der Waals surface area contributed by atoms with E-state index in [1.165, 1.54) is 19.2 Å². The van der Waals surface area contributed by atoms with Gasteiger partial charge in [0.1, 0.15) is 0 Å².